The van der Waals surface area contributed by atoms with E-state index in [0.29, 0.717) is 5.92 Å². The zero-order valence-electron chi connectivity index (χ0n) is 12.4. The van der Waals surface area contributed by atoms with Crippen molar-refractivity contribution in [1.82, 2.24) is 4.90 Å². The van der Waals surface area contributed by atoms with Crippen molar-refractivity contribution in [2.75, 3.05) is 13.1 Å². The number of nitrogens with zero attached hydrogens (tertiary/aromatic N) is 1. The van der Waals surface area contributed by atoms with E-state index in [4.69, 9.17) is 5.73 Å². The van der Waals surface area contributed by atoms with Gasteiger partial charge < -0.3 is 10.6 Å². The normalized spacial score (nSPS) is 27.9. The summed E-state index contributed by atoms with van der Waals surface area (Å²) >= 11 is 0. The Morgan fingerprint density at radius 3 is 2.58 bits per heavy atom. The van der Waals surface area contributed by atoms with Crippen LogP contribution in [0.15, 0.2) is 0 Å². The largest absolute Gasteiger partial charge is 0.341 e. The van der Waals surface area contributed by atoms with E-state index in [9.17, 15) is 4.79 Å². The number of nitrogens with two attached hydrogens (primary N) is 1. The molecule has 110 valence electrons. The molecule has 2 fully saturated rings. The lowest BCUT2D eigenvalue weighted by molar-refractivity contribution is -0.133. The highest BCUT2D eigenvalue weighted by molar-refractivity contribution is 5.81. The van der Waals surface area contributed by atoms with Gasteiger partial charge in [0.15, 0.2) is 0 Å². The Labute approximate surface area is 117 Å². The van der Waals surface area contributed by atoms with E-state index < -0.39 is 0 Å². The molecule has 2 atom stereocenters. The number of hydrogen-bond donors (Lipinski definition) is 1. The van der Waals surface area contributed by atoms with Gasteiger partial charge in [0, 0.05) is 13.1 Å². The summed E-state index contributed by atoms with van der Waals surface area (Å²) in [5, 5.41) is 0. The van der Waals surface area contributed by atoms with Gasteiger partial charge in [-0.2, -0.15) is 0 Å². The van der Waals surface area contributed by atoms with Gasteiger partial charge in [-0.1, -0.05) is 39.0 Å². The fraction of sp³-hybridized carbons (Fsp3) is 0.938. The first-order valence-electron chi connectivity index (χ1n) is 8.21. The Morgan fingerprint density at radius 2 is 1.84 bits per heavy atom. The SMILES string of the molecule is CC1CCCN(C(=O)C(N)CC2CCCCC2)CC1. The number of rotatable bonds is 3. The fourth-order valence-corrected chi connectivity index (χ4v) is 3.60. The minimum atomic E-state index is -0.253. The highest BCUT2D eigenvalue weighted by atomic mass is 16.2. The molecule has 1 saturated carbocycles. The van der Waals surface area contributed by atoms with E-state index in [1.807, 2.05) is 4.90 Å². The predicted molar refractivity (Wildman–Crippen MR) is 78.8 cm³/mol. The number of carbonyl (C=O) groups is 1. The van der Waals surface area contributed by atoms with Crippen molar-refractivity contribution in [2.24, 2.45) is 17.6 Å². The molecule has 19 heavy (non-hydrogen) atoms. The Hall–Kier alpha value is -0.570. The molecule has 0 spiro atoms. The van der Waals surface area contributed by atoms with Crippen molar-refractivity contribution >= 4 is 5.91 Å². The van der Waals surface area contributed by atoms with Crippen LogP contribution in [-0.2, 0) is 4.79 Å². The molecule has 0 aromatic rings. The summed E-state index contributed by atoms with van der Waals surface area (Å²) in [5.74, 6) is 1.66. The summed E-state index contributed by atoms with van der Waals surface area (Å²) in [5.41, 5.74) is 6.17. The van der Waals surface area contributed by atoms with Crippen LogP contribution in [0.2, 0.25) is 0 Å². The minimum Gasteiger partial charge on any atom is -0.341 e. The summed E-state index contributed by atoms with van der Waals surface area (Å²) in [6.45, 7) is 4.12. The van der Waals surface area contributed by atoms with E-state index in [1.54, 1.807) is 0 Å². The van der Waals surface area contributed by atoms with E-state index >= 15 is 0 Å². The van der Waals surface area contributed by atoms with Crippen molar-refractivity contribution in [1.29, 1.82) is 0 Å². The van der Waals surface area contributed by atoms with Gasteiger partial charge >= 0.3 is 0 Å². The van der Waals surface area contributed by atoms with E-state index in [2.05, 4.69) is 6.92 Å². The molecule has 1 amide bonds. The summed E-state index contributed by atoms with van der Waals surface area (Å²) in [4.78, 5) is 14.5. The predicted octanol–water partition coefficient (Wildman–Crippen LogP) is 2.93. The molecule has 2 unspecified atom stereocenters. The van der Waals surface area contributed by atoms with Gasteiger partial charge in [0.2, 0.25) is 5.91 Å². The maximum absolute atomic E-state index is 12.4. The van der Waals surface area contributed by atoms with Crippen LogP contribution in [0.3, 0.4) is 0 Å². The van der Waals surface area contributed by atoms with Crippen LogP contribution in [0.4, 0.5) is 0 Å². The van der Waals surface area contributed by atoms with E-state index in [1.165, 1.54) is 38.5 Å². The van der Waals surface area contributed by atoms with E-state index in [-0.39, 0.29) is 11.9 Å². The lowest BCUT2D eigenvalue weighted by atomic mass is 9.85. The van der Waals surface area contributed by atoms with Crippen LogP contribution in [-0.4, -0.2) is 29.9 Å². The van der Waals surface area contributed by atoms with Crippen molar-refractivity contribution in [3.8, 4) is 0 Å². The molecule has 0 aromatic carbocycles. The molecule has 1 aliphatic heterocycles. The van der Waals surface area contributed by atoms with Gasteiger partial charge in [-0.3, -0.25) is 4.79 Å². The Bertz CT molecular complexity index is 286. The first-order valence-corrected chi connectivity index (χ1v) is 8.21. The molecule has 2 aliphatic rings. The molecule has 2 rings (SSSR count). The van der Waals surface area contributed by atoms with Crippen molar-refractivity contribution < 1.29 is 4.79 Å². The third-order valence-electron chi connectivity index (χ3n) is 4.96. The lowest BCUT2D eigenvalue weighted by Crippen LogP contribution is -2.45. The third-order valence-corrected chi connectivity index (χ3v) is 4.96. The second-order valence-corrected chi connectivity index (χ2v) is 6.71. The molecular formula is C16H30N2O. The molecule has 0 bridgehead atoms. The number of amides is 1. The maximum Gasteiger partial charge on any atom is 0.239 e. The molecule has 1 aliphatic carbocycles. The minimum absolute atomic E-state index is 0.208. The van der Waals surface area contributed by atoms with Gasteiger partial charge in [0.05, 0.1) is 6.04 Å². The van der Waals surface area contributed by atoms with Gasteiger partial charge in [-0.25, -0.2) is 0 Å². The van der Waals surface area contributed by atoms with E-state index in [0.717, 1.165) is 38.3 Å². The number of likely N-dealkylation sites (tertiary alicyclic amines) is 1. The average molecular weight is 266 g/mol. The molecule has 1 saturated heterocycles. The lowest BCUT2D eigenvalue weighted by Gasteiger charge is -2.28. The van der Waals surface area contributed by atoms with Crippen LogP contribution < -0.4 is 5.73 Å². The quantitative estimate of drug-likeness (QED) is 0.853. The molecule has 3 nitrogen and oxygen atoms in total. The topological polar surface area (TPSA) is 46.3 Å². The zero-order valence-corrected chi connectivity index (χ0v) is 12.4. The fourth-order valence-electron chi connectivity index (χ4n) is 3.60. The first-order chi connectivity index (χ1) is 9.16. The smallest absolute Gasteiger partial charge is 0.239 e. The molecule has 0 aromatic heterocycles. The van der Waals surface area contributed by atoms with Crippen LogP contribution >= 0.6 is 0 Å². The van der Waals surface area contributed by atoms with Crippen LogP contribution in [0.1, 0.15) is 64.7 Å². The van der Waals surface area contributed by atoms with Gasteiger partial charge in [0.1, 0.15) is 0 Å². The zero-order chi connectivity index (χ0) is 13.7. The standard InChI is InChI=1S/C16H30N2O/c1-13-6-5-10-18(11-9-13)16(19)15(17)12-14-7-3-2-4-8-14/h13-15H,2-12,17H2,1H3. The molecule has 3 heteroatoms. The molecule has 2 N–H and O–H groups in total. The monoisotopic (exact) mass is 266 g/mol. The Morgan fingerprint density at radius 1 is 1.11 bits per heavy atom. The Kier molecular flexibility index (Phi) is 5.68. The van der Waals surface area contributed by atoms with Gasteiger partial charge in [-0.05, 0) is 37.5 Å². The summed E-state index contributed by atoms with van der Waals surface area (Å²) in [6.07, 6.45) is 11.0. The molecular weight excluding hydrogens is 236 g/mol. The highest BCUT2D eigenvalue weighted by Crippen LogP contribution is 2.27. The van der Waals surface area contributed by atoms with Crippen LogP contribution in [0.25, 0.3) is 0 Å². The van der Waals surface area contributed by atoms with Gasteiger partial charge in [0.25, 0.3) is 0 Å². The first kappa shape index (κ1) is 14.8. The van der Waals surface area contributed by atoms with Crippen LogP contribution in [0, 0.1) is 11.8 Å². The second-order valence-electron chi connectivity index (χ2n) is 6.71. The van der Waals surface area contributed by atoms with Crippen molar-refractivity contribution in [3.05, 3.63) is 0 Å². The number of hydrogen-bond acceptors (Lipinski definition) is 2. The second kappa shape index (κ2) is 7.28. The maximum atomic E-state index is 12.4. The molecule has 0 radical (unpaired) electrons. The van der Waals surface area contributed by atoms with Crippen LogP contribution in [0.5, 0.6) is 0 Å². The highest BCUT2D eigenvalue weighted by Gasteiger charge is 2.26. The summed E-state index contributed by atoms with van der Waals surface area (Å²) < 4.78 is 0. The van der Waals surface area contributed by atoms with Crippen molar-refractivity contribution in [3.63, 3.8) is 0 Å². The third kappa shape index (κ3) is 4.48. The molecule has 1 heterocycles. The Balaban J connectivity index is 1.80. The number of carbonyl (C=O) groups excluding carboxylic acids is 1. The summed E-state index contributed by atoms with van der Waals surface area (Å²) in [7, 11) is 0. The summed E-state index contributed by atoms with van der Waals surface area (Å²) in [6, 6.07) is -0.253. The van der Waals surface area contributed by atoms with Crippen molar-refractivity contribution in [2.45, 2.75) is 70.8 Å². The van der Waals surface area contributed by atoms with Gasteiger partial charge in [-0.15, -0.1) is 0 Å². The average Bonchev–Trinajstić information content (AvgIpc) is 2.64.